The van der Waals surface area contributed by atoms with Gasteiger partial charge in [-0.1, -0.05) is 0 Å². The van der Waals surface area contributed by atoms with Gasteiger partial charge >= 0.3 is 12.1 Å². The maximum atomic E-state index is 11.8. The summed E-state index contributed by atoms with van der Waals surface area (Å²) in [5.41, 5.74) is 6.93. The summed E-state index contributed by atoms with van der Waals surface area (Å²) in [4.78, 5) is 11.4. The van der Waals surface area contributed by atoms with Gasteiger partial charge in [0.05, 0.1) is 12.0 Å². The molecule has 0 bridgehead atoms. The summed E-state index contributed by atoms with van der Waals surface area (Å²) in [6.07, 6.45) is -5.47. The Kier molecular flexibility index (Phi) is 3.98. The number of nitrogen functional groups attached to an aromatic ring is 1. The van der Waals surface area contributed by atoms with E-state index >= 15 is 0 Å². The quantitative estimate of drug-likeness (QED) is 0.660. The second-order valence-corrected chi connectivity index (χ2v) is 3.57. The van der Waals surface area contributed by atoms with Crippen LogP contribution in [0.25, 0.3) is 0 Å². The largest absolute Gasteiger partial charge is 0.462 e. The third-order valence-electron chi connectivity index (χ3n) is 2.12. The lowest BCUT2D eigenvalue weighted by Crippen LogP contribution is -2.14. The molecule has 0 heterocycles. The summed E-state index contributed by atoms with van der Waals surface area (Å²) in [6, 6.07) is 4.40. The van der Waals surface area contributed by atoms with Crippen LogP contribution in [0.3, 0.4) is 0 Å². The Morgan fingerprint density at radius 1 is 1.41 bits per heavy atom. The van der Waals surface area contributed by atoms with Gasteiger partial charge in [0.2, 0.25) is 0 Å². The van der Waals surface area contributed by atoms with Crippen LogP contribution < -0.4 is 5.73 Å². The third-order valence-corrected chi connectivity index (χ3v) is 2.12. The van der Waals surface area contributed by atoms with Gasteiger partial charge in [-0.2, -0.15) is 13.2 Å². The highest BCUT2D eigenvalue weighted by molar-refractivity contribution is 5.90. The predicted molar refractivity (Wildman–Crippen MR) is 56.5 cm³/mol. The van der Waals surface area contributed by atoms with Crippen LogP contribution in [0.15, 0.2) is 18.2 Å². The van der Waals surface area contributed by atoms with E-state index in [1.807, 2.05) is 0 Å². The second-order valence-electron chi connectivity index (χ2n) is 3.57. The lowest BCUT2D eigenvalue weighted by molar-refractivity contribution is -0.141. The fraction of sp³-hybridized carbons (Fsp3) is 0.364. The molecule has 0 saturated heterocycles. The van der Waals surface area contributed by atoms with Crippen LogP contribution in [0.1, 0.15) is 22.3 Å². The van der Waals surface area contributed by atoms with E-state index in [9.17, 15) is 18.0 Å². The number of carbonyl (C=O) groups is 1. The topological polar surface area (TPSA) is 52.3 Å². The molecular formula is C11H12F3NO2. The van der Waals surface area contributed by atoms with E-state index in [2.05, 4.69) is 4.74 Å². The summed E-state index contributed by atoms with van der Waals surface area (Å²) in [7, 11) is 0. The smallest absolute Gasteiger partial charge is 0.392 e. The first-order valence-electron chi connectivity index (χ1n) is 4.89. The number of hydrogen-bond acceptors (Lipinski definition) is 3. The highest BCUT2D eigenvalue weighted by Crippen LogP contribution is 2.19. The van der Waals surface area contributed by atoms with Gasteiger partial charge in [0.25, 0.3) is 0 Å². The molecule has 1 aromatic rings. The Morgan fingerprint density at radius 3 is 2.59 bits per heavy atom. The molecule has 2 N–H and O–H groups in total. The Balaban J connectivity index is 2.56. The number of ether oxygens (including phenoxy) is 1. The maximum absolute atomic E-state index is 11.8. The lowest BCUT2D eigenvalue weighted by atomic mass is 10.1. The van der Waals surface area contributed by atoms with Crippen molar-refractivity contribution in [1.29, 1.82) is 0 Å². The number of aryl methyl sites for hydroxylation is 1. The first kappa shape index (κ1) is 13.3. The van der Waals surface area contributed by atoms with Crippen LogP contribution in [-0.2, 0) is 4.74 Å². The minimum absolute atomic E-state index is 0.193. The number of nitrogens with two attached hydrogens (primary N) is 1. The molecule has 3 nitrogen and oxygen atoms in total. The molecule has 1 aromatic carbocycles. The minimum Gasteiger partial charge on any atom is -0.462 e. The van der Waals surface area contributed by atoms with Crippen molar-refractivity contribution in [3.05, 3.63) is 29.3 Å². The van der Waals surface area contributed by atoms with Crippen molar-refractivity contribution in [2.45, 2.75) is 19.5 Å². The van der Waals surface area contributed by atoms with Gasteiger partial charge in [0.15, 0.2) is 0 Å². The molecule has 94 valence electrons. The van der Waals surface area contributed by atoms with Crippen molar-refractivity contribution in [2.75, 3.05) is 12.3 Å². The van der Waals surface area contributed by atoms with Crippen LogP contribution in [0, 0.1) is 6.92 Å². The predicted octanol–water partition coefficient (Wildman–Crippen LogP) is 2.69. The summed E-state index contributed by atoms with van der Waals surface area (Å²) < 4.78 is 40.0. The van der Waals surface area contributed by atoms with Gasteiger partial charge in [-0.05, 0) is 30.7 Å². The van der Waals surface area contributed by atoms with E-state index in [1.165, 1.54) is 18.2 Å². The van der Waals surface area contributed by atoms with Gasteiger partial charge in [-0.15, -0.1) is 0 Å². The average Bonchev–Trinajstić information content (AvgIpc) is 2.20. The van der Waals surface area contributed by atoms with Crippen molar-refractivity contribution in [3.63, 3.8) is 0 Å². The summed E-state index contributed by atoms with van der Waals surface area (Å²) >= 11 is 0. The molecule has 1 rings (SSSR count). The molecule has 0 unspecified atom stereocenters. The standard InChI is InChI=1S/C11H12F3NO2/c1-7-6-8(2-3-9(7)15)10(16)17-5-4-11(12,13)14/h2-3,6H,4-5,15H2,1H3. The van der Waals surface area contributed by atoms with Gasteiger partial charge < -0.3 is 10.5 Å². The normalized spacial score (nSPS) is 11.3. The molecule has 0 aliphatic carbocycles. The number of esters is 1. The number of carbonyl (C=O) groups excluding carboxylic acids is 1. The third kappa shape index (κ3) is 4.34. The van der Waals surface area contributed by atoms with Crippen LogP contribution in [0.5, 0.6) is 0 Å². The summed E-state index contributed by atoms with van der Waals surface area (Å²) in [5.74, 6) is -0.780. The summed E-state index contributed by atoms with van der Waals surface area (Å²) in [6.45, 7) is 1.02. The maximum Gasteiger partial charge on any atom is 0.392 e. The van der Waals surface area contributed by atoms with Gasteiger partial charge in [0.1, 0.15) is 6.61 Å². The first-order valence-corrected chi connectivity index (χ1v) is 4.89. The van der Waals surface area contributed by atoms with E-state index in [-0.39, 0.29) is 5.56 Å². The van der Waals surface area contributed by atoms with Gasteiger partial charge in [-0.3, -0.25) is 0 Å². The molecule has 0 spiro atoms. The van der Waals surface area contributed by atoms with Crippen molar-refractivity contribution in [2.24, 2.45) is 0 Å². The van der Waals surface area contributed by atoms with Gasteiger partial charge in [-0.25, -0.2) is 4.79 Å². The molecule has 6 heteroatoms. The minimum atomic E-state index is -4.32. The highest BCUT2D eigenvalue weighted by atomic mass is 19.4. The van der Waals surface area contributed by atoms with Crippen LogP contribution in [0.2, 0.25) is 0 Å². The van der Waals surface area contributed by atoms with E-state index < -0.39 is 25.2 Å². The summed E-state index contributed by atoms with van der Waals surface area (Å²) in [5, 5.41) is 0. The van der Waals surface area contributed by atoms with Crippen LogP contribution in [-0.4, -0.2) is 18.8 Å². The SMILES string of the molecule is Cc1cc(C(=O)OCCC(F)(F)F)ccc1N. The molecule has 0 aromatic heterocycles. The Bertz CT molecular complexity index is 416. The molecule has 0 fully saturated rings. The van der Waals surface area contributed by atoms with E-state index in [0.29, 0.717) is 11.3 Å². The first-order chi connectivity index (χ1) is 7.79. The molecule has 0 aliphatic rings. The lowest BCUT2D eigenvalue weighted by Gasteiger charge is -2.08. The number of halogens is 3. The van der Waals surface area contributed by atoms with Crippen LogP contribution >= 0.6 is 0 Å². The van der Waals surface area contributed by atoms with Crippen molar-refractivity contribution in [1.82, 2.24) is 0 Å². The Labute approximate surface area is 96.4 Å². The van der Waals surface area contributed by atoms with E-state index in [0.717, 1.165) is 0 Å². The Hall–Kier alpha value is -1.72. The highest BCUT2D eigenvalue weighted by Gasteiger charge is 2.27. The van der Waals surface area contributed by atoms with Gasteiger partial charge in [0, 0.05) is 5.69 Å². The number of rotatable bonds is 3. The van der Waals surface area contributed by atoms with Crippen LogP contribution in [0.4, 0.5) is 18.9 Å². The molecule has 0 amide bonds. The zero-order valence-electron chi connectivity index (χ0n) is 9.17. The molecule has 17 heavy (non-hydrogen) atoms. The van der Waals surface area contributed by atoms with E-state index in [1.54, 1.807) is 6.92 Å². The Morgan fingerprint density at radius 2 is 2.06 bits per heavy atom. The van der Waals surface area contributed by atoms with Crippen molar-refractivity contribution >= 4 is 11.7 Å². The number of alkyl halides is 3. The number of benzene rings is 1. The van der Waals surface area contributed by atoms with Crippen molar-refractivity contribution in [3.8, 4) is 0 Å². The molecule has 0 radical (unpaired) electrons. The average molecular weight is 247 g/mol. The monoisotopic (exact) mass is 247 g/mol. The zero-order valence-corrected chi connectivity index (χ0v) is 9.17. The number of hydrogen-bond donors (Lipinski definition) is 1. The fourth-order valence-electron chi connectivity index (χ4n) is 1.15. The number of anilines is 1. The molecular weight excluding hydrogens is 235 g/mol. The molecule has 0 atom stereocenters. The van der Waals surface area contributed by atoms with E-state index in [4.69, 9.17) is 5.73 Å². The second kappa shape index (κ2) is 5.07. The molecule has 0 aliphatic heterocycles. The fourth-order valence-corrected chi connectivity index (χ4v) is 1.15. The molecule has 0 saturated carbocycles. The zero-order chi connectivity index (χ0) is 13.1. The van der Waals surface area contributed by atoms with Crippen molar-refractivity contribution < 1.29 is 22.7 Å².